The van der Waals surface area contributed by atoms with Gasteiger partial charge in [0.2, 0.25) is 0 Å². The predicted octanol–water partition coefficient (Wildman–Crippen LogP) is 4.88. The highest BCUT2D eigenvalue weighted by Crippen LogP contribution is 2.44. The van der Waals surface area contributed by atoms with Crippen molar-refractivity contribution in [3.8, 4) is 0 Å². The second-order valence-electron chi connectivity index (χ2n) is 7.79. The first-order valence-corrected chi connectivity index (χ1v) is 8.65. The number of hydrogen-bond acceptors (Lipinski definition) is 2. The van der Waals surface area contributed by atoms with E-state index in [4.69, 9.17) is 8.85 Å². The van der Waals surface area contributed by atoms with Crippen molar-refractivity contribution >= 4 is 8.56 Å². The molecule has 0 saturated carbocycles. The molecule has 0 aromatic carbocycles. The zero-order valence-electron chi connectivity index (χ0n) is 13.5. The second kappa shape index (κ2) is 5.02. The van der Waals surface area contributed by atoms with Crippen LogP contribution >= 0.6 is 0 Å². The van der Waals surface area contributed by atoms with Crippen molar-refractivity contribution in [2.24, 2.45) is 0 Å². The fourth-order valence-electron chi connectivity index (χ4n) is 1.99. The lowest BCUT2D eigenvalue weighted by molar-refractivity contribution is 0.00316. The highest BCUT2D eigenvalue weighted by molar-refractivity contribution is 6.70. The summed E-state index contributed by atoms with van der Waals surface area (Å²) in [5, 5.41) is 0.0717. The molecular weight excluding hydrogens is 228 g/mol. The molecule has 0 aromatic rings. The van der Waals surface area contributed by atoms with Crippen LogP contribution in [0, 0.1) is 0 Å². The van der Waals surface area contributed by atoms with Crippen molar-refractivity contribution in [2.45, 2.75) is 91.5 Å². The molecule has 0 saturated heterocycles. The van der Waals surface area contributed by atoms with Gasteiger partial charge in [0.25, 0.3) is 0 Å². The van der Waals surface area contributed by atoms with Gasteiger partial charge in [-0.05, 0) is 47.6 Å². The van der Waals surface area contributed by atoms with E-state index >= 15 is 0 Å². The summed E-state index contributed by atoms with van der Waals surface area (Å²) < 4.78 is 12.9. The van der Waals surface area contributed by atoms with Gasteiger partial charge >= 0.3 is 8.56 Å². The Morgan fingerprint density at radius 2 is 1.00 bits per heavy atom. The second-order valence-corrected chi connectivity index (χ2v) is 11.9. The lowest BCUT2D eigenvalue weighted by Gasteiger charge is -2.47. The Morgan fingerprint density at radius 3 is 1.12 bits per heavy atom. The van der Waals surface area contributed by atoms with Crippen LogP contribution in [-0.4, -0.2) is 19.8 Å². The zero-order valence-corrected chi connectivity index (χ0v) is 14.5. The molecule has 0 heterocycles. The Kier molecular flexibility index (Phi) is 5.06. The third kappa shape index (κ3) is 5.54. The van der Waals surface area contributed by atoms with Gasteiger partial charge in [0, 0.05) is 5.04 Å². The molecule has 104 valence electrons. The van der Waals surface area contributed by atoms with Crippen LogP contribution in [0.4, 0.5) is 0 Å². The highest BCUT2D eigenvalue weighted by Gasteiger charge is 2.52. The Morgan fingerprint density at radius 1 is 0.706 bits per heavy atom. The minimum atomic E-state index is -2.24. The van der Waals surface area contributed by atoms with E-state index in [2.05, 4.69) is 69.2 Å². The van der Waals surface area contributed by atoms with E-state index in [9.17, 15) is 0 Å². The summed E-state index contributed by atoms with van der Waals surface area (Å²) in [5.74, 6) is 0. The van der Waals surface area contributed by atoms with Crippen molar-refractivity contribution in [3.05, 3.63) is 0 Å². The molecule has 3 heteroatoms. The van der Waals surface area contributed by atoms with Crippen LogP contribution in [0.15, 0.2) is 0 Å². The first kappa shape index (κ1) is 17.1. The normalized spacial score (nSPS) is 15.2. The summed E-state index contributed by atoms with van der Waals surface area (Å²) in [6, 6.07) is 0.977. The summed E-state index contributed by atoms with van der Waals surface area (Å²) in [7, 11) is -2.24. The van der Waals surface area contributed by atoms with Crippen LogP contribution in [0.5, 0.6) is 0 Å². The van der Waals surface area contributed by atoms with Crippen LogP contribution in [0.25, 0.3) is 0 Å². The molecule has 0 fully saturated rings. The van der Waals surface area contributed by atoms with Crippen molar-refractivity contribution in [1.29, 1.82) is 0 Å². The van der Waals surface area contributed by atoms with Gasteiger partial charge < -0.3 is 8.85 Å². The molecule has 17 heavy (non-hydrogen) atoms. The summed E-state index contributed by atoms with van der Waals surface area (Å²) in [5.41, 5.74) is -0.304. The third-order valence-corrected chi connectivity index (χ3v) is 7.65. The molecule has 0 radical (unpaired) electrons. The maximum absolute atomic E-state index is 6.43. The molecule has 0 unspecified atom stereocenters. The lowest BCUT2D eigenvalue weighted by atomic mass is 10.2. The van der Waals surface area contributed by atoms with Crippen molar-refractivity contribution in [2.75, 3.05) is 0 Å². The first-order valence-electron chi connectivity index (χ1n) is 6.63. The quantitative estimate of drug-likeness (QED) is 0.673. The van der Waals surface area contributed by atoms with Crippen LogP contribution in [-0.2, 0) is 8.85 Å². The first-order chi connectivity index (χ1) is 7.22. The third-order valence-electron chi connectivity index (χ3n) is 2.55. The monoisotopic (exact) mass is 260 g/mol. The van der Waals surface area contributed by atoms with E-state index in [0.717, 1.165) is 6.04 Å². The fourth-order valence-corrected chi connectivity index (χ4v) is 5.97. The molecule has 0 aromatic heterocycles. The van der Waals surface area contributed by atoms with Gasteiger partial charge in [-0.3, -0.25) is 0 Å². The van der Waals surface area contributed by atoms with Crippen LogP contribution in [0.2, 0.25) is 11.1 Å². The smallest absolute Gasteiger partial charge is 0.344 e. The summed E-state index contributed by atoms with van der Waals surface area (Å²) >= 11 is 0. The van der Waals surface area contributed by atoms with Gasteiger partial charge in [-0.2, -0.15) is 0 Å². The maximum atomic E-state index is 6.43. The van der Waals surface area contributed by atoms with E-state index in [-0.39, 0.29) is 16.2 Å². The van der Waals surface area contributed by atoms with Gasteiger partial charge in [0.1, 0.15) is 0 Å². The summed E-state index contributed by atoms with van der Waals surface area (Å²) in [6.45, 7) is 21.6. The van der Waals surface area contributed by atoms with Crippen LogP contribution in [0.1, 0.15) is 69.2 Å². The maximum Gasteiger partial charge on any atom is 0.344 e. The van der Waals surface area contributed by atoms with Gasteiger partial charge in [-0.25, -0.2) is 0 Å². The number of rotatable bonds is 3. The standard InChI is InChI=1S/C14H32O2Si/c1-11-17(14(8,9)10,15-12(2,3)4)16-13(5,6)7/h11H2,1-10H3. The van der Waals surface area contributed by atoms with E-state index in [1.807, 2.05) is 0 Å². The molecular formula is C14H32O2Si. The van der Waals surface area contributed by atoms with Gasteiger partial charge in [0.15, 0.2) is 0 Å². The molecule has 2 nitrogen and oxygen atoms in total. The summed E-state index contributed by atoms with van der Waals surface area (Å²) in [6.07, 6.45) is 0. The molecule has 0 N–H and O–H groups in total. The minimum Gasteiger partial charge on any atom is -0.389 e. The average molecular weight is 260 g/mol. The fraction of sp³-hybridized carbons (Fsp3) is 1.00. The largest absolute Gasteiger partial charge is 0.389 e. The van der Waals surface area contributed by atoms with Gasteiger partial charge in [-0.15, -0.1) is 0 Å². The molecule has 0 atom stereocenters. The Labute approximate surface area is 109 Å². The Bertz CT molecular complexity index is 224. The Hall–Kier alpha value is 0.137. The van der Waals surface area contributed by atoms with Gasteiger partial charge in [-0.1, -0.05) is 27.7 Å². The van der Waals surface area contributed by atoms with Crippen LogP contribution in [0.3, 0.4) is 0 Å². The molecule has 0 rings (SSSR count). The average Bonchev–Trinajstić information content (AvgIpc) is 1.95. The lowest BCUT2D eigenvalue weighted by Crippen LogP contribution is -2.57. The SMILES string of the molecule is CC[Si](OC(C)(C)C)(OC(C)(C)C)C(C)(C)C. The van der Waals surface area contributed by atoms with Crippen molar-refractivity contribution in [1.82, 2.24) is 0 Å². The molecule has 0 aliphatic heterocycles. The topological polar surface area (TPSA) is 18.5 Å². The van der Waals surface area contributed by atoms with Crippen molar-refractivity contribution < 1.29 is 8.85 Å². The molecule has 0 bridgehead atoms. The molecule has 0 aliphatic carbocycles. The highest BCUT2D eigenvalue weighted by atomic mass is 28.4. The van der Waals surface area contributed by atoms with E-state index in [1.54, 1.807) is 0 Å². The van der Waals surface area contributed by atoms with E-state index in [0.29, 0.717) is 0 Å². The number of hydrogen-bond donors (Lipinski definition) is 0. The zero-order chi connectivity index (χ0) is 14.1. The van der Waals surface area contributed by atoms with Gasteiger partial charge in [0.05, 0.1) is 11.2 Å². The predicted molar refractivity (Wildman–Crippen MR) is 77.6 cm³/mol. The minimum absolute atomic E-state index is 0.0717. The van der Waals surface area contributed by atoms with Crippen molar-refractivity contribution in [3.63, 3.8) is 0 Å². The molecule has 0 amide bonds. The molecule has 0 spiro atoms. The Balaban J connectivity index is 5.32. The summed E-state index contributed by atoms with van der Waals surface area (Å²) in [4.78, 5) is 0. The van der Waals surface area contributed by atoms with Crippen LogP contribution < -0.4 is 0 Å². The molecule has 0 aliphatic rings. The van der Waals surface area contributed by atoms with E-state index < -0.39 is 8.56 Å². The van der Waals surface area contributed by atoms with E-state index in [1.165, 1.54) is 0 Å².